The molecule has 0 aliphatic heterocycles. The number of ether oxygens (including phenoxy) is 2. The molecule has 0 amide bonds. The van der Waals surface area contributed by atoms with Crippen molar-refractivity contribution in [2.45, 2.75) is 51.4 Å². The van der Waals surface area contributed by atoms with Crippen molar-refractivity contribution in [2.75, 3.05) is 13.2 Å². The van der Waals surface area contributed by atoms with E-state index in [0.29, 0.717) is 0 Å². The smallest absolute Gasteiger partial charge is 0.341 e. The third-order valence-corrected chi connectivity index (χ3v) is 2.53. The lowest BCUT2D eigenvalue weighted by Crippen LogP contribution is -2.57. The molecule has 0 rings (SSSR count). The zero-order valence-corrected chi connectivity index (χ0v) is 12.1. The number of esters is 2. The van der Waals surface area contributed by atoms with Crippen LogP contribution in [0.1, 0.15) is 34.1 Å². The topological polar surface area (TPSA) is 123 Å². The van der Waals surface area contributed by atoms with Crippen LogP contribution in [-0.4, -0.2) is 57.9 Å². The molecule has 8 heteroatoms. The van der Waals surface area contributed by atoms with E-state index in [1.165, 1.54) is 27.7 Å². The molecular formula is C12H22O8. The first kappa shape index (κ1) is 18.8. The zero-order valence-electron chi connectivity index (χ0n) is 12.1. The molecule has 0 saturated carbocycles. The first-order chi connectivity index (χ1) is 9.14. The molecule has 8 nitrogen and oxygen atoms in total. The van der Waals surface area contributed by atoms with Gasteiger partial charge in [-0.1, -0.05) is 0 Å². The molecule has 0 bridgehead atoms. The maximum absolute atomic E-state index is 11.8. The largest absolute Gasteiger partial charge is 0.464 e. The number of hydrogen-bond donors (Lipinski definition) is 3. The fourth-order valence-corrected chi connectivity index (χ4v) is 1.63. The van der Waals surface area contributed by atoms with Gasteiger partial charge in [0.15, 0.2) is 6.10 Å². The van der Waals surface area contributed by atoms with E-state index in [0.717, 1.165) is 0 Å². The number of aliphatic hydroxyl groups excluding tert-OH is 1. The van der Waals surface area contributed by atoms with Gasteiger partial charge in [-0.05, 0) is 27.7 Å². The van der Waals surface area contributed by atoms with Gasteiger partial charge in [0.2, 0.25) is 5.60 Å². The van der Waals surface area contributed by atoms with Crippen LogP contribution >= 0.6 is 0 Å². The lowest BCUT2D eigenvalue weighted by molar-refractivity contribution is -0.323. The maximum atomic E-state index is 11.8. The minimum Gasteiger partial charge on any atom is -0.464 e. The number of rotatable bonds is 8. The molecule has 0 aliphatic carbocycles. The third-order valence-electron chi connectivity index (χ3n) is 2.53. The van der Waals surface area contributed by atoms with Gasteiger partial charge < -0.3 is 19.7 Å². The minimum absolute atomic E-state index is 0.0330. The van der Waals surface area contributed by atoms with Crippen molar-refractivity contribution >= 4 is 11.9 Å². The molecule has 0 aliphatic rings. The Balaban J connectivity index is 5.34. The fourth-order valence-electron chi connectivity index (χ4n) is 1.63. The van der Waals surface area contributed by atoms with Crippen LogP contribution in [0.2, 0.25) is 0 Å². The van der Waals surface area contributed by atoms with Gasteiger partial charge in [0, 0.05) is 6.42 Å². The van der Waals surface area contributed by atoms with Crippen LogP contribution in [0.3, 0.4) is 0 Å². The molecule has 118 valence electrons. The van der Waals surface area contributed by atoms with Crippen molar-refractivity contribution in [3.05, 3.63) is 0 Å². The zero-order chi connectivity index (χ0) is 16.0. The Morgan fingerprint density at radius 1 is 1.15 bits per heavy atom. The Bertz CT molecular complexity index is 340. The van der Waals surface area contributed by atoms with E-state index in [9.17, 15) is 19.8 Å². The Kier molecular flexibility index (Phi) is 7.07. The maximum Gasteiger partial charge on any atom is 0.341 e. The van der Waals surface area contributed by atoms with Gasteiger partial charge in [-0.15, -0.1) is 0 Å². The van der Waals surface area contributed by atoms with Crippen molar-refractivity contribution < 1.29 is 39.4 Å². The summed E-state index contributed by atoms with van der Waals surface area (Å²) in [7, 11) is 0. The standard InChI is InChI=1S/C12H22O8/c1-5-18-9(14)8(13)12(16,10(15)19-6-2)7-11(3,4)20-17/h8,13,16-17H,5-7H2,1-4H3. The number of aliphatic hydroxyl groups is 2. The molecule has 0 heterocycles. The normalized spacial score (nSPS) is 16.1. The summed E-state index contributed by atoms with van der Waals surface area (Å²) >= 11 is 0. The second kappa shape index (κ2) is 7.53. The predicted octanol–water partition coefficient (Wildman–Crippen LogP) is -0.137. The predicted molar refractivity (Wildman–Crippen MR) is 66.6 cm³/mol. The average Bonchev–Trinajstić information content (AvgIpc) is 2.37. The van der Waals surface area contributed by atoms with Crippen molar-refractivity contribution in [3.8, 4) is 0 Å². The molecule has 20 heavy (non-hydrogen) atoms. The molecule has 0 aromatic rings. The van der Waals surface area contributed by atoms with Crippen molar-refractivity contribution in [3.63, 3.8) is 0 Å². The average molecular weight is 294 g/mol. The fraction of sp³-hybridized carbons (Fsp3) is 0.833. The molecule has 2 unspecified atom stereocenters. The van der Waals surface area contributed by atoms with E-state index in [1.54, 1.807) is 0 Å². The molecular weight excluding hydrogens is 272 g/mol. The van der Waals surface area contributed by atoms with Crippen LogP contribution in [0.25, 0.3) is 0 Å². The van der Waals surface area contributed by atoms with Gasteiger partial charge in [0.1, 0.15) is 5.60 Å². The van der Waals surface area contributed by atoms with Crippen LogP contribution < -0.4 is 0 Å². The first-order valence-electron chi connectivity index (χ1n) is 6.21. The van der Waals surface area contributed by atoms with Crippen molar-refractivity contribution in [1.82, 2.24) is 0 Å². The summed E-state index contributed by atoms with van der Waals surface area (Å²) in [4.78, 5) is 27.5. The number of carbonyl (C=O) groups excluding carboxylic acids is 2. The quantitative estimate of drug-likeness (QED) is 0.321. The Morgan fingerprint density at radius 3 is 2.05 bits per heavy atom. The molecule has 0 spiro atoms. The van der Waals surface area contributed by atoms with Crippen LogP contribution in [0, 0.1) is 0 Å². The molecule has 0 radical (unpaired) electrons. The van der Waals surface area contributed by atoms with Crippen molar-refractivity contribution in [1.29, 1.82) is 0 Å². The highest BCUT2D eigenvalue weighted by atomic mass is 17.1. The molecule has 0 aromatic carbocycles. The van der Waals surface area contributed by atoms with Crippen molar-refractivity contribution in [2.24, 2.45) is 0 Å². The van der Waals surface area contributed by atoms with E-state index in [1.807, 2.05) is 0 Å². The Hall–Kier alpha value is -1.22. The number of carbonyl (C=O) groups is 2. The van der Waals surface area contributed by atoms with E-state index in [4.69, 9.17) is 5.26 Å². The summed E-state index contributed by atoms with van der Waals surface area (Å²) in [5.74, 6) is -2.37. The van der Waals surface area contributed by atoms with E-state index in [-0.39, 0.29) is 13.2 Å². The van der Waals surface area contributed by atoms with Crippen LogP contribution in [0.5, 0.6) is 0 Å². The SMILES string of the molecule is CCOC(=O)C(O)C(O)(CC(C)(C)OO)C(=O)OCC. The Labute approximate surface area is 117 Å². The lowest BCUT2D eigenvalue weighted by atomic mass is 9.84. The van der Waals surface area contributed by atoms with Gasteiger partial charge in [0.05, 0.1) is 13.2 Å². The molecule has 0 fully saturated rings. The highest BCUT2D eigenvalue weighted by molar-refractivity contribution is 5.89. The highest BCUT2D eigenvalue weighted by Gasteiger charge is 2.52. The van der Waals surface area contributed by atoms with E-state index < -0.39 is 35.7 Å². The molecule has 2 atom stereocenters. The second-order valence-corrected chi connectivity index (χ2v) is 4.83. The minimum atomic E-state index is -2.59. The summed E-state index contributed by atoms with van der Waals surface area (Å²) < 4.78 is 9.22. The van der Waals surface area contributed by atoms with Gasteiger partial charge in [-0.2, -0.15) is 0 Å². The van der Waals surface area contributed by atoms with Gasteiger partial charge in [-0.25, -0.2) is 14.5 Å². The Morgan fingerprint density at radius 2 is 1.65 bits per heavy atom. The molecule has 3 N–H and O–H groups in total. The molecule has 0 aromatic heterocycles. The number of hydrogen-bond acceptors (Lipinski definition) is 8. The highest BCUT2D eigenvalue weighted by Crippen LogP contribution is 2.28. The first-order valence-corrected chi connectivity index (χ1v) is 6.21. The summed E-state index contributed by atoms with van der Waals surface area (Å²) in [6.07, 6.45) is -2.73. The van der Waals surface area contributed by atoms with Gasteiger partial charge in [0.25, 0.3) is 0 Å². The van der Waals surface area contributed by atoms with Crippen LogP contribution in [0.15, 0.2) is 0 Å². The lowest BCUT2D eigenvalue weighted by Gasteiger charge is -2.34. The summed E-state index contributed by atoms with van der Waals surface area (Å²) in [6, 6.07) is 0. The second-order valence-electron chi connectivity index (χ2n) is 4.83. The van der Waals surface area contributed by atoms with Gasteiger partial charge in [-0.3, -0.25) is 5.26 Å². The van der Waals surface area contributed by atoms with E-state index in [2.05, 4.69) is 14.4 Å². The summed E-state index contributed by atoms with van der Waals surface area (Å²) in [5.41, 5.74) is -3.98. The molecule has 0 saturated heterocycles. The van der Waals surface area contributed by atoms with Crippen LogP contribution in [0.4, 0.5) is 0 Å². The van der Waals surface area contributed by atoms with E-state index >= 15 is 0 Å². The summed E-state index contributed by atoms with van der Waals surface area (Å²) in [6.45, 7) is 5.63. The third kappa shape index (κ3) is 4.71. The van der Waals surface area contributed by atoms with Crippen LogP contribution in [-0.2, 0) is 24.0 Å². The summed E-state index contributed by atoms with van der Waals surface area (Å²) in [5, 5.41) is 28.9. The van der Waals surface area contributed by atoms with Gasteiger partial charge >= 0.3 is 11.9 Å². The monoisotopic (exact) mass is 294 g/mol.